The van der Waals surface area contributed by atoms with Gasteiger partial charge in [0.05, 0.1) is 11.7 Å². The van der Waals surface area contributed by atoms with E-state index in [0.717, 1.165) is 4.90 Å². The molecule has 0 aliphatic heterocycles. The van der Waals surface area contributed by atoms with Crippen molar-refractivity contribution in [2.75, 3.05) is 0 Å². The van der Waals surface area contributed by atoms with Gasteiger partial charge in [0.15, 0.2) is 0 Å². The summed E-state index contributed by atoms with van der Waals surface area (Å²) in [7, 11) is 0. The van der Waals surface area contributed by atoms with Crippen molar-refractivity contribution in [3.63, 3.8) is 0 Å². The van der Waals surface area contributed by atoms with Gasteiger partial charge in [0.1, 0.15) is 11.8 Å². The van der Waals surface area contributed by atoms with E-state index in [1.807, 2.05) is 19.9 Å². The van der Waals surface area contributed by atoms with E-state index in [-0.39, 0.29) is 6.10 Å². The summed E-state index contributed by atoms with van der Waals surface area (Å²) >= 11 is 4.14. The van der Waals surface area contributed by atoms with Crippen molar-refractivity contribution in [1.82, 2.24) is 0 Å². The Morgan fingerprint density at radius 1 is 1.46 bits per heavy atom. The molecule has 0 saturated heterocycles. The van der Waals surface area contributed by atoms with E-state index >= 15 is 0 Å². The summed E-state index contributed by atoms with van der Waals surface area (Å²) in [5.41, 5.74) is 0.529. The first-order valence-corrected chi connectivity index (χ1v) is 4.48. The van der Waals surface area contributed by atoms with E-state index < -0.39 is 0 Å². The highest BCUT2D eigenvalue weighted by Crippen LogP contribution is 2.21. The lowest BCUT2D eigenvalue weighted by Gasteiger charge is -2.10. The number of nitrogens with zero attached hydrogens (tertiary/aromatic N) is 1. The summed E-state index contributed by atoms with van der Waals surface area (Å²) in [6, 6.07) is 7.34. The van der Waals surface area contributed by atoms with Gasteiger partial charge < -0.3 is 4.74 Å². The van der Waals surface area contributed by atoms with E-state index in [2.05, 4.69) is 18.7 Å². The van der Waals surface area contributed by atoms with Crippen molar-refractivity contribution in [3.05, 3.63) is 23.8 Å². The van der Waals surface area contributed by atoms with Gasteiger partial charge in [-0.15, -0.1) is 12.6 Å². The first kappa shape index (κ1) is 9.94. The fourth-order valence-electron chi connectivity index (χ4n) is 0.962. The van der Waals surface area contributed by atoms with Crippen LogP contribution in [0.2, 0.25) is 0 Å². The SMILES string of the molecule is CC(C)Oc1ccc(S)cc1C#N. The molecule has 2 nitrogen and oxygen atoms in total. The van der Waals surface area contributed by atoms with Crippen LogP contribution >= 0.6 is 12.6 Å². The predicted molar refractivity (Wildman–Crippen MR) is 54.2 cm³/mol. The molecule has 0 heterocycles. The molecule has 0 radical (unpaired) electrons. The maximum Gasteiger partial charge on any atom is 0.137 e. The Labute approximate surface area is 83.6 Å². The van der Waals surface area contributed by atoms with Gasteiger partial charge >= 0.3 is 0 Å². The van der Waals surface area contributed by atoms with Crippen LogP contribution in [-0.4, -0.2) is 6.10 Å². The van der Waals surface area contributed by atoms with Gasteiger partial charge in [-0.2, -0.15) is 5.26 Å². The second kappa shape index (κ2) is 4.20. The van der Waals surface area contributed by atoms with Gasteiger partial charge in [0.2, 0.25) is 0 Å². The number of benzene rings is 1. The average Bonchev–Trinajstić information content (AvgIpc) is 2.07. The normalized spacial score (nSPS) is 9.77. The smallest absolute Gasteiger partial charge is 0.137 e. The number of rotatable bonds is 2. The summed E-state index contributed by atoms with van der Waals surface area (Å²) in [5, 5.41) is 8.79. The summed E-state index contributed by atoms with van der Waals surface area (Å²) < 4.78 is 5.43. The summed E-state index contributed by atoms with van der Waals surface area (Å²) in [6.45, 7) is 3.85. The van der Waals surface area contributed by atoms with Gasteiger partial charge in [-0.3, -0.25) is 0 Å². The van der Waals surface area contributed by atoms with Crippen LogP contribution in [0.5, 0.6) is 5.75 Å². The molecular weight excluding hydrogens is 182 g/mol. The molecule has 1 aromatic rings. The molecule has 1 rings (SSSR count). The summed E-state index contributed by atoms with van der Waals surface area (Å²) in [4.78, 5) is 0.771. The van der Waals surface area contributed by atoms with E-state index in [0.29, 0.717) is 11.3 Å². The molecule has 13 heavy (non-hydrogen) atoms. The number of thiol groups is 1. The standard InChI is InChI=1S/C10H11NOS/c1-7(2)12-10-4-3-9(13)5-8(10)6-11/h3-5,7,13H,1-2H3. The molecule has 0 aliphatic carbocycles. The molecule has 1 aromatic carbocycles. The molecule has 0 saturated carbocycles. The molecule has 0 N–H and O–H groups in total. The minimum absolute atomic E-state index is 0.0814. The maximum absolute atomic E-state index is 8.79. The van der Waals surface area contributed by atoms with E-state index in [4.69, 9.17) is 10.00 Å². The topological polar surface area (TPSA) is 33.0 Å². The van der Waals surface area contributed by atoms with Gasteiger partial charge in [-0.05, 0) is 32.0 Å². The Kier molecular flexibility index (Phi) is 3.21. The zero-order valence-corrected chi connectivity index (χ0v) is 8.51. The lowest BCUT2D eigenvalue weighted by atomic mass is 10.2. The van der Waals surface area contributed by atoms with Crippen LogP contribution in [0.3, 0.4) is 0 Å². The summed E-state index contributed by atoms with van der Waals surface area (Å²) in [5.74, 6) is 0.621. The number of hydrogen-bond acceptors (Lipinski definition) is 3. The number of ether oxygens (including phenoxy) is 1. The van der Waals surface area contributed by atoms with E-state index in [1.165, 1.54) is 0 Å². The summed E-state index contributed by atoms with van der Waals surface area (Å²) in [6.07, 6.45) is 0.0814. The van der Waals surface area contributed by atoms with Crippen LogP contribution in [0.15, 0.2) is 23.1 Å². The van der Waals surface area contributed by atoms with Crippen molar-refractivity contribution >= 4 is 12.6 Å². The molecule has 0 unspecified atom stereocenters. The minimum atomic E-state index is 0.0814. The lowest BCUT2D eigenvalue weighted by Crippen LogP contribution is -2.06. The van der Waals surface area contributed by atoms with E-state index in [9.17, 15) is 0 Å². The van der Waals surface area contributed by atoms with Crippen LogP contribution < -0.4 is 4.74 Å². The number of nitriles is 1. The Hall–Kier alpha value is -1.14. The highest BCUT2D eigenvalue weighted by molar-refractivity contribution is 7.80. The van der Waals surface area contributed by atoms with Crippen molar-refractivity contribution in [3.8, 4) is 11.8 Å². The van der Waals surface area contributed by atoms with Crippen molar-refractivity contribution < 1.29 is 4.74 Å². The third-order valence-electron chi connectivity index (χ3n) is 1.45. The fourth-order valence-corrected chi connectivity index (χ4v) is 1.17. The van der Waals surface area contributed by atoms with Crippen molar-refractivity contribution in [2.24, 2.45) is 0 Å². The molecule has 68 valence electrons. The van der Waals surface area contributed by atoms with Crippen LogP contribution in [0, 0.1) is 11.3 Å². The average molecular weight is 193 g/mol. The van der Waals surface area contributed by atoms with E-state index in [1.54, 1.807) is 12.1 Å². The largest absolute Gasteiger partial charge is 0.490 e. The molecule has 3 heteroatoms. The Morgan fingerprint density at radius 2 is 2.15 bits per heavy atom. The van der Waals surface area contributed by atoms with Crippen LogP contribution in [0.25, 0.3) is 0 Å². The third kappa shape index (κ3) is 2.67. The van der Waals surface area contributed by atoms with Crippen LogP contribution in [0.4, 0.5) is 0 Å². The number of hydrogen-bond donors (Lipinski definition) is 1. The van der Waals surface area contributed by atoms with Gasteiger partial charge in [-0.1, -0.05) is 0 Å². The highest BCUT2D eigenvalue weighted by atomic mass is 32.1. The van der Waals surface area contributed by atoms with Gasteiger partial charge in [0, 0.05) is 4.90 Å². The molecule has 0 aliphatic rings. The molecular formula is C10H11NOS. The second-order valence-electron chi connectivity index (χ2n) is 2.96. The van der Waals surface area contributed by atoms with Crippen LogP contribution in [-0.2, 0) is 0 Å². The fraction of sp³-hybridized carbons (Fsp3) is 0.300. The van der Waals surface area contributed by atoms with Crippen molar-refractivity contribution in [1.29, 1.82) is 5.26 Å². The Bertz CT molecular complexity index is 341. The molecule has 0 bridgehead atoms. The van der Waals surface area contributed by atoms with Crippen LogP contribution in [0.1, 0.15) is 19.4 Å². The predicted octanol–water partition coefficient (Wildman–Crippen LogP) is 2.63. The zero-order chi connectivity index (χ0) is 9.84. The zero-order valence-electron chi connectivity index (χ0n) is 7.61. The van der Waals surface area contributed by atoms with Gasteiger partial charge in [-0.25, -0.2) is 0 Å². The third-order valence-corrected chi connectivity index (χ3v) is 1.72. The monoisotopic (exact) mass is 193 g/mol. The Morgan fingerprint density at radius 3 is 2.69 bits per heavy atom. The quantitative estimate of drug-likeness (QED) is 0.732. The molecule has 0 amide bonds. The molecule has 0 atom stereocenters. The molecule has 0 spiro atoms. The van der Waals surface area contributed by atoms with Gasteiger partial charge in [0.25, 0.3) is 0 Å². The highest BCUT2D eigenvalue weighted by Gasteiger charge is 2.04. The molecule has 0 aromatic heterocycles. The second-order valence-corrected chi connectivity index (χ2v) is 3.48. The Balaban J connectivity index is 3.01. The first-order valence-electron chi connectivity index (χ1n) is 4.03. The lowest BCUT2D eigenvalue weighted by molar-refractivity contribution is 0.241. The first-order chi connectivity index (χ1) is 6.13. The minimum Gasteiger partial charge on any atom is -0.490 e. The van der Waals surface area contributed by atoms with Crippen molar-refractivity contribution in [2.45, 2.75) is 24.8 Å². The maximum atomic E-state index is 8.79. The molecule has 0 fully saturated rings.